The molecule has 0 fully saturated rings. The highest BCUT2D eigenvalue weighted by atomic mass is 35.5. The van der Waals surface area contributed by atoms with Crippen molar-refractivity contribution in [1.82, 2.24) is 0 Å². The lowest BCUT2D eigenvalue weighted by Crippen LogP contribution is -2.43. The van der Waals surface area contributed by atoms with Gasteiger partial charge in [0.25, 0.3) is 0 Å². The van der Waals surface area contributed by atoms with Crippen LogP contribution in [0.1, 0.15) is 39.0 Å². The van der Waals surface area contributed by atoms with Gasteiger partial charge in [0.05, 0.1) is 39.7 Å². The lowest BCUT2D eigenvalue weighted by atomic mass is 10.1. The van der Waals surface area contributed by atoms with E-state index >= 15 is 0 Å². The maximum absolute atomic E-state index is 11.8. The number of carbonyl (C=O) groups is 2. The number of rotatable bonds is 7. The van der Waals surface area contributed by atoms with E-state index in [2.05, 4.69) is 0 Å². The van der Waals surface area contributed by atoms with Crippen molar-refractivity contribution in [2.45, 2.75) is 32.8 Å². The second kappa shape index (κ2) is 8.32. The van der Waals surface area contributed by atoms with Gasteiger partial charge in [0.1, 0.15) is 6.54 Å². The first-order chi connectivity index (χ1) is 11.3. The summed E-state index contributed by atoms with van der Waals surface area (Å²) >= 11 is 0. The predicted octanol–water partition coefficient (Wildman–Crippen LogP) is 1.55. The minimum Gasteiger partial charge on any atom is -0.481 e. The zero-order valence-corrected chi connectivity index (χ0v) is 11.1. The zero-order chi connectivity index (χ0) is 21.1. The van der Waals surface area contributed by atoms with Gasteiger partial charge in [-0.05, 0) is 5.92 Å². The monoisotopic (exact) mass is 291 g/mol. The Labute approximate surface area is 128 Å². The molecule has 0 bridgehead atoms. The molecule has 0 aromatic carbocycles. The van der Waals surface area contributed by atoms with Crippen LogP contribution in [0.4, 0.5) is 0 Å². The molecule has 1 atom stereocenters. The molecule has 5 nitrogen and oxygen atoms in total. The third-order valence-corrected chi connectivity index (χ3v) is 1.75. The van der Waals surface area contributed by atoms with Gasteiger partial charge < -0.3 is 14.3 Å². The summed E-state index contributed by atoms with van der Waals surface area (Å²) in [6, 6.07) is 0. The van der Waals surface area contributed by atoms with Crippen molar-refractivity contribution < 1.29 is 36.3 Å². The minimum atomic E-state index is -3.54. The third-order valence-electron chi connectivity index (χ3n) is 1.75. The lowest BCUT2D eigenvalue weighted by molar-refractivity contribution is -0.873. The van der Waals surface area contributed by atoms with E-state index in [1.807, 2.05) is 0 Å². The van der Waals surface area contributed by atoms with Crippen LogP contribution < -0.4 is 0 Å². The van der Waals surface area contributed by atoms with Crippen LogP contribution in [-0.2, 0) is 14.3 Å². The fraction of sp³-hybridized carbons (Fsp3) is 0.833. The first-order valence-electron chi connectivity index (χ1n) is 9.65. The summed E-state index contributed by atoms with van der Waals surface area (Å²) in [5.74, 6) is -2.52. The van der Waals surface area contributed by atoms with E-state index in [1.165, 1.54) is 0 Å². The van der Waals surface area contributed by atoms with Crippen molar-refractivity contribution in [2.75, 3.05) is 27.5 Å². The van der Waals surface area contributed by atoms with Crippen molar-refractivity contribution in [2.24, 2.45) is 5.92 Å². The molecule has 1 unspecified atom stereocenters. The van der Waals surface area contributed by atoms with Crippen LogP contribution in [0.5, 0.6) is 0 Å². The Balaban J connectivity index is 0. The van der Waals surface area contributed by atoms with Gasteiger partial charge in [-0.3, -0.25) is 9.59 Å². The number of carbonyl (C=O) groups excluding carboxylic acids is 1. The van der Waals surface area contributed by atoms with Crippen molar-refractivity contribution in [3.05, 3.63) is 0 Å². The Morgan fingerprint density at radius 2 is 1.83 bits per heavy atom. The van der Waals surface area contributed by atoms with Crippen LogP contribution in [0.3, 0.4) is 0 Å². The quantitative estimate of drug-likeness (QED) is 0.571. The Morgan fingerprint density at radius 1 is 1.28 bits per heavy atom. The van der Waals surface area contributed by atoms with E-state index < -0.39 is 56.4 Å². The lowest BCUT2D eigenvalue weighted by Gasteiger charge is -2.28. The van der Waals surface area contributed by atoms with Gasteiger partial charge >= 0.3 is 11.9 Å². The number of halogens is 1. The molecule has 0 aliphatic carbocycles. The molecule has 1 N–H and O–H groups in total. The number of carboxylic acids is 1. The molecular formula is C12H25ClNO4+. The summed E-state index contributed by atoms with van der Waals surface area (Å²) in [5, 5.41) is 8.96. The molecule has 0 aromatic heterocycles. The molecule has 108 valence electrons. The normalized spacial score (nSPS) is 22.3. The van der Waals surface area contributed by atoms with Gasteiger partial charge in [0.15, 0.2) is 6.10 Å². The fourth-order valence-corrected chi connectivity index (χ4v) is 1.21. The Bertz CT molecular complexity index is 480. The number of ether oxygens (including phenoxy) is 1. The van der Waals surface area contributed by atoms with Crippen LogP contribution in [0.25, 0.3) is 0 Å². The first kappa shape index (κ1) is 7.70. The van der Waals surface area contributed by atoms with Crippen LogP contribution in [-0.4, -0.2) is 55.1 Å². The first-order valence-corrected chi connectivity index (χ1v) is 5.15. The summed E-state index contributed by atoms with van der Waals surface area (Å²) in [6.45, 7) is -8.49. The van der Waals surface area contributed by atoms with Crippen molar-refractivity contribution in [3.8, 4) is 0 Å². The molecule has 0 rings (SSSR count). The highest BCUT2D eigenvalue weighted by Crippen LogP contribution is 2.09. The number of quaternary nitrogens is 1. The molecule has 6 heteroatoms. The maximum atomic E-state index is 11.8. The summed E-state index contributed by atoms with van der Waals surface area (Å²) in [7, 11) is 0. The molecule has 0 aromatic rings. The number of esters is 1. The molecule has 0 amide bonds. The predicted molar refractivity (Wildman–Crippen MR) is 71.7 cm³/mol. The molecular weight excluding hydrogens is 258 g/mol. The molecule has 0 saturated heterocycles. The van der Waals surface area contributed by atoms with Crippen LogP contribution in [0.15, 0.2) is 0 Å². The van der Waals surface area contributed by atoms with E-state index in [9.17, 15) is 9.59 Å². The van der Waals surface area contributed by atoms with E-state index in [4.69, 9.17) is 22.2 Å². The van der Waals surface area contributed by atoms with E-state index in [0.29, 0.717) is 0 Å². The minimum absolute atomic E-state index is 0. The van der Waals surface area contributed by atoms with Gasteiger partial charge in [0.2, 0.25) is 0 Å². The maximum Gasteiger partial charge on any atom is 0.307 e. The number of nitrogens with zero attached hydrogens (tertiary/aromatic N) is 1. The Morgan fingerprint density at radius 3 is 2.22 bits per heavy atom. The largest absolute Gasteiger partial charge is 0.481 e. The fourth-order valence-electron chi connectivity index (χ4n) is 1.21. The highest BCUT2D eigenvalue weighted by molar-refractivity contribution is 5.85. The van der Waals surface area contributed by atoms with Gasteiger partial charge in [-0.25, -0.2) is 0 Å². The smallest absolute Gasteiger partial charge is 0.307 e. The highest BCUT2D eigenvalue weighted by Gasteiger charge is 2.24. The van der Waals surface area contributed by atoms with Gasteiger partial charge in [-0.15, -0.1) is 12.4 Å². The number of carboxylic acid groups (broad SMARTS) is 1. The van der Waals surface area contributed by atoms with Gasteiger partial charge in [-0.1, -0.05) is 13.8 Å². The number of hydrogen-bond donors (Lipinski definition) is 1. The Hall–Kier alpha value is -0.810. The molecule has 18 heavy (non-hydrogen) atoms. The van der Waals surface area contributed by atoms with E-state index in [1.54, 1.807) is 13.8 Å². The second-order valence-corrected chi connectivity index (χ2v) is 4.30. The summed E-state index contributed by atoms with van der Waals surface area (Å²) in [5.41, 5.74) is 0. The van der Waals surface area contributed by atoms with Gasteiger partial charge in [-0.2, -0.15) is 0 Å². The molecule has 0 saturated carbocycles. The zero-order valence-electron chi connectivity index (χ0n) is 19.3. The summed E-state index contributed by atoms with van der Waals surface area (Å²) in [6.07, 6.45) is -2.78. The van der Waals surface area contributed by atoms with Crippen molar-refractivity contribution in [1.29, 1.82) is 0 Å². The van der Waals surface area contributed by atoms with Crippen LogP contribution >= 0.6 is 12.4 Å². The van der Waals surface area contributed by atoms with Crippen molar-refractivity contribution >= 4 is 24.3 Å². The molecule has 0 spiro atoms. The topological polar surface area (TPSA) is 63.6 Å². The molecule has 0 heterocycles. The summed E-state index contributed by atoms with van der Waals surface area (Å²) < 4.78 is 70.2. The Kier molecular flexibility index (Phi) is 3.56. The standard InChI is InChI=1S/C12H23NO4.ClH/c1-9(2)6-12(16)17-10(7-11(14)15)8-13(3,4)5;/h9-10H,6-8H2,1-5H3;1H/p+1/i3D3,4D3,5D3;. The molecule has 0 aliphatic heterocycles. The molecule has 0 radical (unpaired) electrons. The van der Waals surface area contributed by atoms with E-state index in [-0.39, 0.29) is 24.7 Å². The molecule has 0 aliphatic rings. The average molecular weight is 292 g/mol. The summed E-state index contributed by atoms with van der Waals surface area (Å²) in [4.78, 5) is 22.9. The third kappa shape index (κ3) is 11.7. The SMILES string of the molecule is Cl.[2H]C([2H])([2H])[N+](CC(CC(=O)O)OC(=O)CC(C)C)(C([2H])([2H])[2H])C([2H])([2H])[2H]. The van der Waals surface area contributed by atoms with Gasteiger partial charge in [0, 0.05) is 6.42 Å². The van der Waals surface area contributed by atoms with Crippen LogP contribution in [0, 0.1) is 5.92 Å². The van der Waals surface area contributed by atoms with E-state index in [0.717, 1.165) is 0 Å². The van der Waals surface area contributed by atoms with Crippen molar-refractivity contribution in [3.63, 3.8) is 0 Å². The number of likely N-dealkylation sites (N-methyl/N-ethyl adjacent to an activating group) is 1. The van der Waals surface area contributed by atoms with Crippen LogP contribution in [0.2, 0.25) is 0 Å². The number of aliphatic carboxylic acids is 1. The number of hydrogen-bond acceptors (Lipinski definition) is 3. The average Bonchev–Trinajstić information content (AvgIpc) is 2.28. The second-order valence-electron chi connectivity index (χ2n) is 4.30.